The van der Waals surface area contributed by atoms with Gasteiger partial charge in [0.25, 0.3) is 5.91 Å². The molecule has 0 unspecified atom stereocenters. The van der Waals surface area contributed by atoms with Crippen LogP contribution >= 0.6 is 11.3 Å². The van der Waals surface area contributed by atoms with Gasteiger partial charge in [-0.15, -0.1) is 11.3 Å². The Balaban J connectivity index is 1.74. The first kappa shape index (κ1) is 12.2. The van der Waals surface area contributed by atoms with Crippen molar-refractivity contribution in [2.45, 2.75) is 38.2 Å². The Hall–Kier alpha value is -0.870. The summed E-state index contributed by atoms with van der Waals surface area (Å²) in [5.74, 6) is 0.183. The standard InChI is InChI=1S/C14H19NO2S/c1-11-4-5-12(18-11)13(16)15-8-9-17-14(10-15)6-2-3-7-14/h4-5H,2-3,6-10H2,1H3. The number of amides is 1. The number of thiophene rings is 1. The van der Waals surface area contributed by atoms with Gasteiger partial charge in [0, 0.05) is 11.4 Å². The summed E-state index contributed by atoms with van der Waals surface area (Å²) in [6.07, 6.45) is 4.70. The van der Waals surface area contributed by atoms with E-state index in [0.29, 0.717) is 6.61 Å². The molecule has 0 atom stereocenters. The largest absolute Gasteiger partial charge is 0.371 e. The van der Waals surface area contributed by atoms with Crippen molar-refractivity contribution in [2.75, 3.05) is 19.7 Å². The quantitative estimate of drug-likeness (QED) is 0.781. The molecule has 0 bridgehead atoms. The second kappa shape index (κ2) is 4.67. The Kier molecular flexibility index (Phi) is 3.16. The highest BCUT2D eigenvalue weighted by atomic mass is 32.1. The zero-order valence-corrected chi connectivity index (χ0v) is 11.6. The van der Waals surface area contributed by atoms with E-state index in [1.54, 1.807) is 11.3 Å². The first-order chi connectivity index (χ1) is 8.69. The lowest BCUT2D eigenvalue weighted by molar-refractivity contribution is -0.0947. The summed E-state index contributed by atoms with van der Waals surface area (Å²) in [7, 11) is 0. The van der Waals surface area contributed by atoms with Crippen molar-refractivity contribution in [2.24, 2.45) is 0 Å². The molecule has 1 aromatic heterocycles. The van der Waals surface area contributed by atoms with Gasteiger partial charge in [0.15, 0.2) is 0 Å². The zero-order chi connectivity index (χ0) is 12.6. The topological polar surface area (TPSA) is 29.5 Å². The van der Waals surface area contributed by atoms with Gasteiger partial charge in [-0.25, -0.2) is 0 Å². The maximum atomic E-state index is 12.4. The molecular weight excluding hydrogens is 246 g/mol. The van der Waals surface area contributed by atoms with E-state index in [0.717, 1.165) is 30.8 Å². The lowest BCUT2D eigenvalue weighted by Crippen LogP contribution is -2.52. The Morgan fingerprint density at radius 3 is 2.83 bits per heavy atom. The molecule has 0 radical (unpaired) electrons. The van der Waals surface area contributed by atoms with Gasteiger partial charge in [-0.3, -0.25) is 4.79 Å². The van der Waals surface area contributed by atoms with Crippen LogP contribution in [0.2, 0.25) is 0 Å². The van der Waals surface area contributed by atoms with Gasteiger partial charge >= 0.3 is 0 Å². The fraction of sp³-hybridized carbons (Fsp3) is 0.643. The number of aryl methyl sites for hydroxylation is 1. The second-order valence-electron chi connectivity index (χ2n) is 5.38. The van der Waals surface area contributed by atoms with Crippen LogP contribution in [0.25, 0.3) is 0 Å². The SMILES string of the molecule is Cc1ccc(C(=O)N2CCOC3(CCCC3)C2)s1. The number of morpholine rings is 1. The van der Waals surface area contributed by atoms with Crippen molar-refractivity contribution in [1.82, 2.24) is 4.90 Å². The average molecular weight is 265 g/mol. The number of ether oxygens (including phenoxy) is 1. The van der Waals surface area contributed by atoms with Gasteiger partial charge in [0.1, 0.15) is 0 Å². The molecular formula is C14H19NO2S. The monoisotopic (exact) mass is 265 g/mol. The first-order valence-electron chi connectivity index (χ1n) is 6.68. The van der Waals surface area contributed by atoms with Crippen LogP contribution < -0.4 is 0 Å². The van der Waals surface area contributed by atoms with Crippen molar-refractivity contribution in [3.63, 3.8) is 0 Å². The highest BCUT2D eigenvalue weighted by molar-refractivity contribution is 7.13. The number of carbonyl (C=O) groups excluding carboxylic acids is 1. The molecule has 1 amide bonds. The number of hydrogen-bond donors (Lipinski definition) is 0. The van der Waals surface area contributed by atoms with Gasteiger partial charge in [-0.1, -0.05) is 12.8 Å². The Labute approximate surface area is 112 Å². The van der Waals surface area contributed by atoms with Crippen LogP contribution in [0.4, 0.5) is 0 Å². The molecule has 3 rings (SSSR count). The van der Waals surface area contributed by atoms with E-state index < -0.39 is 0 Å². The van der Waals surface area contributed by atoms with Crippen molar-refractivity contribution in [3.8, 4) is 0 Å². The van der Waals surface area contributed by atoms with Crippen LogP contribution in [0, 0.1) is 6.92 Å². The van der Waals surface area contributed by atoms with Crippen LogP contribution in [0.15, 0.2) is 12.1 Å². The molecule has 1 saturated heterocycles. The Bertz CT molecular complexity index is 448. The molecule has 1 spiro atoms. The van der Waals surface area contributed by atoms with Gasteiger partial charge in [0.2, 0.25) is 0 Å². The molecule has 1 aliphatic heterocycles. The van der Waals surface area contributed by atoms with Crippen LogP contribution in [0.1, 0.15) is 40.2 Å². The normalized spacial score (nSPS) is 22.6. The van der Waals surface area contributed by atoms with E-state index in [4.69, 9.17) is 4.74 Å². The summed E-state index contributed by atoms with van der Waals surface area (Å²) >= 11 is 1.59. The number of rotatable bonds is 1. The molecule has 2 heterocycles. The second-order valence-corrected chi connectivity index (χ2v) is 6.66. The third-order valence-electron chi connectivity index (χ3n) is 4.00. The molecule has 4 heteroatoms. The maximum absolute atomic E-state index is 12.4. The fourth-order valence-electron chi connectivity index (χ4n) is 3.05. The predicted octanol–water partition coefficient (Wildman–Crippen LogP) is 2.84. The van der Waals surface area contributed by atoms with Gasteiger partial charge < -0.3 is 9.64 Å². The Morgan fingerprint density at radius 2 is 2.17 bits per heavy atom. The van der Waals surface area contributed by atoms with Crippen LogP contribution in [0.3, 0.4) is 0 Å². The molecule has 1 aromatic rings. The Morgan fingerprint density at radius 1 is 1.39 bits per heavy atom. The molecule has 3 nitrogen and oxygen atoms in total. The summed E-state index contributed by atoms with van der Waals surface area (Å²) in [4.78, 5) is 16.5. The number of hydrogen-bond acceptors (Lipinski definition) is 3. The minimum Gasteiger partial charge on any atom is -0.371 e. The maximum Gasteiger partial charge on any atom is 0.264 e. The molecule has 18 heavy (non-hydrogen) atoms. The summed E-state index contributed by atoms with van der Waals surface area (Å²) in [5.41, 5.74) is -0.0276. The van der Waals surface area contributed by atoms with Crippen LogP contribution in [-0.4, -0.2) is 36.1 Å². The predicted molar refractivity (Wildman–Crippen MR) is 72.1 cm³/mol. The van der Waals surface area contributed by atoms with Gasteiger partial charge in [-0.2, -0.15) is 0 Å². The summed E-state index contributed by atoms with van der Waals surface area (Å²) in [6.45, 7) is 4.25. The van der Waals surface area contributed by atoms with Crippen molar-refractivity contribution in [1.29, 1.82) is 0 Å². The minimum absolute atomic E-state index is 0.0276. The average Bonchev–Trinajstić information content (AvgIpc) is 2.98. The van der Waals surface area contributed by atoms with Crippen molar-refractivity contribution in [3.05, 3.63) is 21.9 Å². The highest BCUT2D eigenvalue weighted by Gasteiger charge is 2.40. The van der Waals surface area contributed by atoms with E-state index in [1.165, 1.54) is 17.7 Å². The van der Waals surface area contributed by atoms with Crippen LogP contribution in [-0.2, 0) is 4.74 Å². The molecule has 0 N–H and O–H groups in total. The van der Waals surface area contributed by atoms with E-state index in [9.17, 15) is 4.79 Å². The summed E-state index contributed by atoms with van der Waals surface area (Å²) in [5, 5.41) is 0. The van der Waals surface area contributed by atoms with E-state index in [1.807, 2.05) is 24.0 Å². The molecule has 98 valence electrons. The molecule has 1 aliphatic carbocycles. The molecule has 2 fully saturated rings. The fourth-order valence-corrected chi connectivity index (χ4v) is 3.88. The minimum atomic E-state index is -0.0276. The third kappa shape index (κ3) is 2.19. The summed E-state index contributed by atoms with van der Waals surface area (Å²) in [6, 6.07) is 3.96. The molecule has 0 aromatic carbocycles. The molecule has 2 aliphatic rings. The number of nitrogens with zero attached hydrogens (tertiary/aromatic N) is 1. The zero-order valence-electron chi connectivity index (χ0n) is 10.8. The lowest BCUT2D eigenvalue weighted by Gasteiger charge is -2.40. The third-order valence-corrected chi connectivity index (χ3v) is 4.99. The van der Waals surface area contributed by atoms with Crippen LogP contribution in [0.5, 0.6) is 0 Å². The first-order valence-corrected chi connectivity index (χ1v) is 7.50. The van der Waals surface area contributed by atoms with E-state index in [2.05, 4.69) is 0 Å². The smallest absolute Gasteiger partial charge is 0.264 e. The molecule has 1 saturated carbocycles. The van der Waals surface area contributed by atoms with Gasteiger partial charge in [0.05, 0.1) is 23.6 Å². The van der Waals surface area contributed by atoms with E-state index >= 15 is 0 Å². The van der Waals surface area contributed by atoms with Gasteiger partial charge in [-0.05, 0) is 31.9 Å². The lowest BCUT2D eigenvalue weighted by atomic mass is 9.99. The van der Waals surface area contributed by atoms with Crippen molar-refractivity contribution < 1.29 is 9.53 Å². The van der Waals surface area contributed by atoms with E-state index in [-0.39, 0.29) is 11.5 Å². The number of carbonyl (C=O) groups is 1. The highest BCUT2D eigenvalue weighted by Crippen LogP contribution is 2.36. The summed E-state index contributed by atoms with van der Waals surface area (Å²) < 4.78 is 5.96. The van der Waals surface area contributed by atoms with Crippen molar-refractivity contribution >= 4 is 17.2 Å².